The number of carbonyl (C=O) groups is 1. The van der Waals surface area contributed by atoms with E-state index in [0.717, 1.165) is 19.3 Å². The van der Waals surface area contributed by atoms with Crippen LogP contribution in [0.15, 0.2) is 12.2 Å². The Kier molecular flexibility index (Phi) is 42.5. The Morgan fingerprint density at radius 2 is 0.596 bits per heavy atom. The quantitative estimate of drug-likeness (QED) is 0.0370. The van der Waals surface area contributed by atoms with Gasteiger partial charge in [0.15, 0.2) is 0 Å². The summed E-state index contributed by atoms with van der Waals surface area (Å²) in [6.45, 7) is 5.21. The lowest BCUT2D eigenvalue weighted by Gasteiger charge is -2.06. The fraction of sp³-hybridized carbons (Fsp3) is 0.933. The fourth-order valence-corrected chi connectivity index (χ4v) is 6.84. The molecule has 0 aromatic carbocycles. The van der Waals surface area contributed by atoms with Crippen molar-refractivity contribution in [3.63, 3.8) is 0 Å². The molecule has 0 unspecified atom stereocenters. The number of hydrogen-bond donors (Lipinski definition) is 0. The molecule has 0 rings (SSSR count). The zero-order valence-electron chi connectivity index (χ0n) is 32.8. The van der Waals surface area contributed by atoms with Crippen LogP contribution >= 0.6 is 0 Å². The zero-order valence-corrected chi connectivity index (χ0v) is 32.8. The first-order valence-corrected chi connectivity index (χ1v) is 22.1. The highest BCUT2D eigenvalue weighted by molar-refractivity contribution is 5.69. The van der Waals surface area contributed by atoms with Crippen LogP contribution < -0.4 is 0 Å². The molecule has 0 spiro atoms. The highest BCUT2D eigenvalue weighted by Gasteiger charge is 2.03. The molecule has 2 nitrogen and oxygen atoms in total. The van der Waals surface area contributed by atoms with E-state index in [9.17, 15) is 4.79 Å². The van der Waals surface area contributed by atoms with E-state index >= 15 is 0 Å². The molecular formula is C45H88O2. The second-order valence-corrected chi connectivity index (χ2v) is 15.0. The van der Waals surface area contributed by atoms with Crippen LogP contribution in [0, 0.1) is 0 Å². The molecule has 0 saturated heterocycles. The molecule has 0 aromatic heterocycles. The van der Waals surface area contributed by atoms with Crippen molar-refractivity contribution in [1.82, 2.24) is 0 Å². The molecule has 0 bridgehead atoms. The lowest BCUT2D eigenvalue weighted by Crippen LogP contribution is -2.05. The van der Waals surface area contributed by atoms with Crippen LogP contribution in [0.2, 0.25) is 0 Å². The predicted molar refractivity (Wildman–Crippen MR) is 212 cm³/mol. The summed E-state index contributed by atoms with van der Waals surface area (Å²) in [4.78, 5) is 12.0. The summed E-state index contributed by atoms with van der Waals surface area (Å²) < 4.78 is 5.47. The van der Waals surface area contributed by atoms with Crippen LogP contribution in [0.4, 0.5) is 0 Å². The summed E-state index contributed by atoms with van der Waals surface area (Å²) in [7, 11) is 0. The number of rotatable bonds is 41. The van der Waals surface area contributed by atoms with Gasteiger partial charge in [0, 0.05) is 6.42 Å². The van der Waals surface area contributed by atoms with Crippen molar-refractivity contribution in [3.8, 4) is 0 Å². The standard InChI is InChI=1S/C45H88O2/c1-3-5-7-9-11-13-15-17-19-20-21-22-23-24-25-26-27-28-30-32-34-36-38-40-42-44-47-45(46)43-41-39-37-35-33-31-29-18-16-14-12-10-8-6-4-2/h18,29H,3-17,19-28,30-44H2,1-2H3/b29-18-. The van der Waals surface area contributed by atoms with E-state index < -0.39 is 0 Å². The number of ether oxygens (including phenoxy) is 1. The number of carbonyl (C=O) groups excluding carboxylic acids is 1. The minimum Gasteiger partial charge on any atom is -0.466 e. The topological polar surface area (TPSA) is 26.3 Å². The van der Waals surface area contributed by atoms with Crippen molar-refractivity contribution in [1.29, 1.82) is 0 Å². The molecule has 280 valence electrons. The molecule has 0 atom stereocenters. The summed E-state index contributed by atoms with van der Waals surface area (Å²) >= 11 is 0. The van der Waals surface area contributed by atoms with E-state index in [1.807, 2.05) is 0 Å². The van der Waals surface area contributed by atoms with Gasteiger partial charge in [-0.1, -0.05) is 231 Å². The van der Waals surface area contributed by atoms with Crippen molar-refractivity contribution in [2.75, 3.05) is 6.61 Å². The second kappa shape index (κ2) is 43.2. The van der Waals surface area contributed by atoms with E-state index in [1.54, 1.807) is 0 Å². The third-order valence-corrected chi connectivity index (χ3v) is 10.2. The van der Waals surface area contributed by atoms with E-state index in [4.69, 9.17) is 4.74 Å². The number of esters is 1. The van der Waals surface area contributed by atoms with Crippen LogP contribution in [0.1, 0.15) is 264 Å². The van der Waals surface area contributed by atoms with Gasteiger partial charge < -0.3 is 4.74 Å². The molecule has 0 aliphatic heterocycles. The van der Waals surface area contributed by atoms with Crippen LogP contribution in [-0.4, -0.2) is 12.6 Å². The van der Waals surface area contributed by atoms with Crippen molar-refractivity contribution < 1.29 is 9.53 Å². The van der Waals surface area contributed by atoms with Gasteiger partial charge in [-0.05, 0) is 38.5 Å². The number of allylic oxidation sites excluding steroid dienone is 2. The number of unbranched alkanes of at least 4 members (excludes halogenated alkanes) is 35. The van der Waals surface area contributed by atoms with Gasteiger partial charge >= 0.3 is 5.97 Å². The van der Waals surface area contributed by atoms with Crippen LogP contribution in [0.3, 0.4) is 0 Å². The second-order valence-electron chi connectivity index (χ2n) is 15.0. The van der Waals surface area contributed by atoms with Gasteiger partial charge in [-0.25, -0.2) is 0 Å². The SMILES string of the molecule is CCCCCCCC/C=C\CCCCCCCC(=O)OCCCCCCCCCCCCCCCCCCCCCCCCCCC. The summed E-state index contributed by atoms with van der Waals surface area (Å²) in [5, 5.41) is 0. The molecule has 0 aliphatic rings. The maximum absolute atomic E-state index is 12.0. The molecule has 0 aromatic rings. The van der Waals surface area contributed by atoms with Crippen molar-refractivity contribution in [3.05, 3.63) is 12.2 Å². The van der Waals surface area contributed by atoms with Gasteiger partial charge in [0.2, 0.25) is 0 Å². The van der Waals surface area contributed by atoms with Gasteiger partial charge in [0.05, 0.1) is 6.61 Å². The van der Waals surface area contributed by atoms with E-state index in [0.29, 0.717) is 13.0 Å². The van der Waals surface area contributed by atoms with Crippen molar-refractivity contribution >= 4 is 5.97 Å². The molecular weight excluding hydrogens is 572 g/mol. The highest BCUT2D eigenvalue weighted by atomic mass is 16.5. The first kappa shape index (κ1) is 46.2. The molecule has 0 radical (unpaired) electrons. The summed E-state index contributed by atoms with van der Waals surface area (Å²) in [5.74, 6) is 0.0203. The molecule has 0 aliphatic carbocycles. The van der Waals surface area contributed by atoms with Crippen molar-refractivity contribution in [2.45, 2.75) is 264 Å². The first-order valence-electron chi connectivity index (χ1n) is 22.1. The van der Waals surface area contributed by atoms with Crippen LogP contribution in [0.25, 0.3) is 0 Å². The normalized spacial score (nSPS) is 11.6. The maximum atomic E-state index is 12.0. The van der Waals surface area contributed by atoms with E-state index in [1.165, 1.54) is 225 Å². The monoisotopic (exact) mass is 661 g/mol. The Morgan fingerprint density at radius 3 is 0.915 bits per heavy atom. The van der Waals surface area contributed by atoms with Crippen LogP contribution in [0.5, 0.6) is 0 Å². The molecule has 0 fully saturated rings. The zero-order chi connectivity index (χ0) is 34.0. The third-order valence-electron chi connectivity index (χ3n) is 10.2. The van der Waals surface area contributed by atoms with Gasteiger partial charge in [-0.2, -0.15) is 0 Å². The van der Waals surface area contributed by atoms with Crippen molar-refractivity contribution in [2.24, 2.45) is 0 Å². The lowest BCUT2D eigenvalue weighted by atomic mass is 10.0. The van der Waals surface area contributed by atoms with Crippen LogP contribution in [-0.2, 0) is 9.53 Å². The average molecular weight is 661 g/mol. The molecule has 0 heterocycles. The maximum Gasteiger partial charge on any atom is 0.305 e. The Labute approximate surface area is 297 Å². The molecule has 2 heteroatoms. The third kappa shape index (κ3) is 43.2. The summed E-state index contributed by atoms with van der Waals surface area (Å²) in [5.41, 5.74) is 0. The summed E-state index contributed by atoms with van der Waals surface area (Å²) in [6.07, 6.45) is 57.5. The largest absolute Gasteiger partial charge is 0.466 e. The summed E-state index contributed by atoms with van der Waals surface area (Å²) in [6, 6.07) is 0. The van der Waals surface area contributed by atoms with Gasteiger partial charge in [0.1, 0.15) is 0 Å². The minimum absolute atomic E-state index is 0.0203. The van der Waals surface area contributed by atoms with Gasteiger partial charge in [-0.3, -0.25) is 4.79 Å². The van der Waals surface area contributed by atoms with Gasteiger partial charge in [0.25, 0.3) is 0 Å². The Hall–Kier alpha value is -0.790. The number of hydrogen-bond acceptors (Lipinski definition) is 2. The Morgan fingerprint density at radius 1 is 0.340 bits per heavy atom. The molecule has 0 amide bonds. The smallest absolute Gasteiger partial charge is 0.305 e. The predicted octanol–water partition coefficient (Wildman–Crippen LogP) is 16.3. The highest BCUT2D eigenvalue weighted by Crippen LogP contribution is 2.16. The Balaban J connectivity index is 3.16. The first-order chi connectivity index (χ1) is 23.3. The molecule has 0 N–H and O–H groups in total. The Bertz CT molecular complexity index is 597. The van der Waals surface area contributed by atoms with Gasteiger partial charge in [-0.15, -0.1) is 0 Å². The van der Waals surface area contributed by atoms with E-state index in [-0.39, 0.29) is 5.97 Å². The minimum atomic E-state index is 0.0203. The molecule has 47 heavy (non-hydrogen) atoms. The van der Waals surface area contributed by atoms with E-state index in [2.05, 4.69) is 26.0 Å². The average Bonchev–Trinajstić information content (AvgIpc) is 3.08. The lowest BCUT2D eigenvalue weighted by molar-refractivity contribution is -0.143. The fourth-order valence-electron chi connectivity index (χ4n) is 6.84. The molecule has 0 saturated carbocycles.